The van der Waals surface area contributed by atoms with Crippen LogP contribution in [0.4, 0.5) is 4.39 Å². The molecule has 1 heterocycles. The highest BCUT2D eigenvalue weighted by Gasteiger charge is 2.29. The van der Waals surface area contributed by atoms with Crippen molar-refractivity contribution in [2.75, 3.05) is 0 Å². The lowest BCUT2D eigenvalue weighted by molar-refractivity contribution is 0.162. The molecule has 96 valence electrons. The van der Waals surface area contributed by atoms with E-state index < -0.39 is 5.67 Å². The van der Waals surface area contributed by atoms with Crippen molar-refractivity contribution in [1.29, 1.82) is 0 Å². The molecule has 0 amide bonds. The van der Waals surface area contributed by atoms with Crippen LogP contribution in [-0.4, -0.2) is 5.16 Å². The normalized spacial score (nSPS) is 11.9. The monoisotopic (exact) mass is 287 g/mol. The number of hydrogen-bond acceptors (Lipinski definition) is 2. The Morgan fingerprint density at radius 3 is 2.22 bits per heavy atom. The molecule has 18 heavy (non-hydrogen) atoms. The predicted molar refractivity (Wildman–Crippen MR) is 70.8 cm³/mol. The molecule has 1 aromatic heterocycles. The molecule has 0 spiro atoms. The van der Waals surface area contributed by atoms with Crippen LogP contribution in [0.25, 0.3) is 11.3 Å². The molecule has 0 fully saturated rings. The van der Waals surface area contributed by atoms with Crippen LogP contribution in [0.1, 0.15) is 25.2 Å². The first kappa shape index (κ1) is 13.4. The van der Waals surface area contributed by atoms with Crippen molar-refractivity contribution in [2.24, 2.45) is 0 Å². The van der Waals surface area contributed by atoms with Gasteiger partial charge in [-0.05, 0) is 32.9 Å². The average molecular weight is 288 g/mol. The molecule has 0 aliphatic carbocycles. The van der Waals surface area contributed by atoms with Crippen molar-refractivity contribution in [2.45, 2.75) is 26.4 Å². The molecule has 2 nitrogen and oxygen atoms in total. The summed E-state index contributed by atoms with van der Waals surface area (Å²) in [7, 11) is 0. The zero-order valence-corrected chi connectivity index (χ0v) is 11.7. The molecule has 0 saturated carbocycles. The standard InChI is InChI=1S/C13H12Cl2FNO/c1-7-11(17-18-12(7)13(2,3)16)10-8(14)5-4-6-9(10)15/h4-6H,1-3H3. The Labute approximate surface area is 115 Å². The van der Waals surface area contributed by atoms with Crippen LogP contribution in [0.3, 0.4) is 0 Å². The lowest BCUT2D eigenvalue weighted by atomic mass is 10.0. The third-order valence-electron chi connectivity index (χ3n) is 2.66. The number of benzene rings is 1. The van der Waals surface area contributed by atoms with Gasteiger partial charge in [0.25, 0.3) is 0 Å². The van der Waals surface area contributed by atoms with Crippen LogP contribution in [0.5, 0.6) is 0 Å². The minimum absolute atomic E-state index is 0.188. The first-order valence-corrected chi connectivity index (χ1v) is 6.18. The fourth-order valence-electron chi connectivity index (χ4n) is 1.85. The summed E-state index contributed by atoms with van der Waals surface area (Å²) in [6, 6.07) is 5.15. The van der Waals surface area contributed by atoms with E-state index in [1.54, 1.807) is 25.1 Å². The van der Waals surface area contributed by atoms with Crippen LogP contribution in [0, 0.1) is 6.92 Å². The zero-order chi connectivity index (χ0) is 13.5. The maximum absolute atomic E-state index is 13.9. The summed E-state index contributed by atoms with van der Waals surface area (Å²) in [6.45, 7) is 4.57. The van der Waals surface area contributed by atoms with E-state index in [2.05, 4.69) is 5.16 Å². The third-order valence-corrected chi connectivity index (χ3v) is 3.29. The van der Waals surface area contributed by atoms with Gasteiger partial charge in [0, 0.05) is 11.1 Å². The van der Waals surface area contributed by atoms with Crippen molar-refractivity contribution in [3.05, 3.63) is 39.6 Å². The molecular weight excluding hydrogens is 276 g/mol. The van der Waals surface area contributed by atoms with Crippen LogP contribution >= 0.6 is 23.2 Å². The van der Waals surface area contributed by atoms with Crippen LogP contribution in [0.2, 0.25) is 10.0 Å². The third kappa shape index (κ3) is 2.25. The van der Waals surface area contributed by atoms with E-state index in [9.17, 15) is 4.39 Å². The molecule has 5 heteroatoms. The second-order valence-corrected chi connectivity index (χ2v) is 5.37. The van der Waals surface area contributed by atoms with Gasteiger partial charge in [0.1, 0.15) is 5.69 Å². The first-order valence-electron chi connectivity index (χ1n) is 5.42. The number of alkyl halides is 1. The number of nitrogens with zero attached hydrogens (tertiary/aromatic N) is 1. The summed E-state index contributed by atoms with van der Waals surface area (Å²) >= 11 is 12.2. The maximum atomic E-state index is 13.9. The number of rotatable bonds is 2. The summed E-state index contributed by atoms with van der Waals surface area (Å²) in [6.07, 6.45) is 0. The molecule has 0 radical (unpaired) electrons. The molecule has 0 saturated heterocycles. The van der Waals surface area contributed by atoms with E-state index in [0.29, 0.717) is 26.9 Å². The van der Waals surface area contributed by atoms with Crippen molar-refractivity contribution >= 4 is 23.2 Å². The van der Waals surface area contributed by atoms with Gasteiger partial charge in [-0.15, -0.1) is 0 Å². The average Bonchev–Trinajstić information content (AvgIpc) is 2.60. The van der Waals surface area contributed by atoms with E-state index >= 15 is 0 Å². The Balaban J connectivity index is 2.64. The predicted octanol–water partition coefficient (Wildman–Crippen LogP) is 5.16. The van der Waals surface area contributed by atoms with Gasteiger partial charge in [0.05, 0.1) is 10.0 Å². The summed E-state index contributed by atoms with van der Waals surface area (Å²) < 4.78 is 19.0. The lowest BCUT2D eigenvalue weighted by Crippen LogP contribution is -2.09. The molecular formula is C13H12Cl2FNO. The maximum Gasteiger partial charge on any atom is 0.176 e. The lowest BCUT2D eigenvalue weighted by Gasteiger charge is -2.10. The van der Waals surface area contributed by atoms with E-state index in [1.807, 2.05) is 0 Å². The van der Waals surface area contributed by atoms with Crippen LogP contribution < -0.4 is 0 Å². The topological polar surface area (TPSA) is 26.0 Å². The Morgan fingerprint density at radius 1 is 1.22 bits per heavy atom. The summed E-state index contributed by atoms with van der Waals surface area (Å²) in [5, 5.41) is 4.81. The van der Waals surface area contributed by atoms with Crippen molar-refractivity contribution < 1.29 is 8.91 Å². The van der Waals surface area contributed by atoms with Crippen molar-refractivity contribution in [1.82, 2.24) is 5.16 Å². The minimum atomic E-state index is -1.59. The SMILES string of the molecule is Cc1c(-c2c(Cl)cccc2Cl)noc1C(C)(C)F. The number of hydrogen-bond donors (Lipinski definition) is 0. The second-order valence-electron chi connectivity index (χ2n) is 4.55. The van der Waals surface area contributed by atoms with Gasteiger partial charge in [-0.1, -0.05) is 34.4 Å². The van der Waals surface area contributed by atoms with Gasteiger partial charge >= 0.3 is 0 Å². The number of aromatic nitrogens is 1. The van der Waals surface area contributed by atoms with E-state index in [0.717, 1.165) is 0 Å². The first-order chi connectivity index (χ1) is 8.32. The highest BCUT2D eigenvalue weighted by molar-refractivity contribution is 6.39. The fourth-order valence-corrected chi connectivity index (χ4v) is 2.42. The van der Waals surface area contributed by atoms with E-state index in [1.165, 1.54) is 13.8 Å². The smallest absolute Gasteiger partial charge is 0.176 e. The summed E-state index contributed by atoms with van der Waals surface area (Å²) in [4.78, 5) is 0. The molecule has 0 unspecified atom stereocenters. The van der Waals surface area contributed by atoms with Crippen LogP contribution in [0.15, 0.2) is 22.7 Å². The quantitative estimate of drug-likeness (QED) is 0.762. The van der Waals surface area contributed by atoms with Gasteiger partial charge < -0.3 is 4.52 Å². The highest BCUT2D eigenvalue weighted by atomic mass is 35.5. The van der Waals surface area contributed by atoms with E-state index in [4.69, 9.17) is 27.7 Å². The Kier molecular flexibility index (Phi) is 3.39. The van der Waals surface area contributed by atoms with Gasteiger partial charge in [0.2, 0.25) is 0 Å². The second kappa shape index (κ2) is 4.56. The van der Waals surface area contributed by atoms with E-state index in [-0.39, 0.29) is 5.76 Å². The number of halogens is 3. The van der Waals surface area contributed by atoms with Crippen LogP contribution in [-0.2, 0) is 5.67 Å². The molecule has 2 rings (SSSR count). The molecule has 0 aliphatic rings. The Bertz CT molecular complexity index is 567. The van der Waals surface area contributed by atoms with Gasteiger partial charge in [-0.3, -0.25) is 0 Å². The van der Waals surface area contributed by atoms with Gasteiger partial charge in [-0.25, -0.2) is 4.39 Å². The molecule has 0 N–H and O–H groups in total. The largest absolute Gasteiger partial charge is 0.357 e. The Morgan fingerprint density at radius 2 is 1.78 bits per heavy atom. The molecule has 0 aliphatic heterocycles. The molecule has 0 atom stereocenters. The Hall–Kier alpha value is -1.06. The van der Waals surface area contributed by atoms with Gasteiger partial charge in [-0.2, -0.15) is 0 Å². The molecule has 2 aromatic rings. The fraction of sp³-hybridized carbons (Fsp3) is 0.308. The molecule has 1 aromatic carbocycles. The minimum Gasteiger partial charge on any atom is -0.357 e. The summed E-state index contributed by atoms with van der Waals surface area (Å²) in [5.41, 5.74) is 0.0599. The van der Waals surface area contributed by atoms with Crippen molar-refractivity contribution in [3.8, 4) is 11.3 Å². The molecule has 0 bridgehead atoms. The highest BCUT2D eigenvalue weighted by Crippen LogP contribution is 2.39. The zero-order valence-electron chi connectivity index (χ0n) is 10.2. The van der Waals surface area contributed by atoms with Gasteiger partial charge in [0.15, 0.2) is 11.4 Å². The summed E-state index contributed by atoms with van der Waals surface area (Å²) in [5.74, 6) is 0.188. The van der Waals surface area contributed by atoms with Crippen molar-refractivity contribution in [3.63, 3.8) is 0 Å².